The van der Waals surface area contributed by atoms with Crippen molar-refractivity contribution >= 4 is 20.5 Å². The Bertz CT molecular complexity index is 237. The van der Waals surface area contributed by atoms with E-state index < -0.39 is 8.56 Å². The molecule has 4 nitrogen and oxygen atoms in total. The zero-order valence-electron chi connectivity index (χ0n) is 11.4. The summed E-state index contributed by atoms with van der Waals surface area (Å²) in [6.45, 7) is 6.64. The van der Waals surface area contributed by atoms with E-state index in [1.54, 1.807) is 6.55 Å². The first kappa shape index (κ1) is 16.2. The minimum atomic E-state index is -2.63. The van der Waals surface area contributed by atoms with Crippen LogP contribution in [0.4, 0.5) is 0 Å². The van der Waals surface area contributed by atoms with Crippen molar-refractivity contribution in [3.8, 4) is 0 Å². The molecular formula is C12H24O4Si. The van der Waals surface area contributed by atoms with Gasteiger partial charge in [-0.25, -0.2) is 0 Å². The summed E-state index contributed by atoms with van der Waals surface area (Å²) in [4.78, 5) is 22.0. The van der Waals surface area contributed by atoms with E-state index in [2.05, 4.69) is 6.92 Å². The van der Waals surface area contributed by atoms with Gasteiger partial charge in [0.1, 0.15) is 0 Å². The lowest BCUT2D eigenvalue weighted by Crippen LogP contribution is -2.41. The zero-order valence-corrected chi connectivity index (χ0v) is 12.4. The van der Waals surface area contributed by atoms with Gasteiger partial charge < -0.3 is 8.85 Å². The third-order valence-electron chi connectivity index (χ3n) is 2.45. The van der Waals surface area contributed by atoms with Crippen molar-refractivity contribution in [1.29, 1.82) is 0 Å². The highest BCUT2D eigenvalue weighted by Gasteiger charge is 2.37. The summed E-state index contributed by atoms with van der Waals surface area (Å²) in [6, 6.07) is 0.690. The van der Waals surface area contributed by atoms with Crippen LogP contribution < -0.4 is 0 Å². The Morgan fingerprint density at radius 1 is 0.941 bits per heavy atom. The summed E-state index contributed by atoms with van der Waals surface area (Å²) in [5.41, 5.74) is 0. The van der Waals surface area contributed by atoms with Crippen molar-refractivity contribution in [2.45, 2.75) is 65.5 Å². The van der Waals surface area contributed by atoms with E-state index in [0.717, 1.165) is 12.8 Å². The SMILES string of the molecule is CCCCCCC[Si](C)(OC(C)=O)OC(C)=O. The molecule has 0 aromatic carbocycles. The van der Waals surface area contributed by atoms with Crippen LogP contribution >= 0.6 is 0 Å². The molecule has 0 radical (unpaired) electrons. The molecule has 0 fully saturated rings. The Kier molecular flexibility index (Phi) is 7.87. The number of carbonyl (C=O) groups is 2. The summed E-state index contributed by atoms with van der Waals surface area (Å²) in [5.74, 6) is -0.733. The van der Waals surface area contributed by atoms with Gasteiger partial charge in [-0.3, -0.25) is 9.59 Å². The standard InChI is InChI=1S/C12H24O4Si/c1-5-6-7-8-9-10-17(4,15-11(2)13)16-12(3)14/h5-10H2,1-4H3. The quantitative estimate of drug-likeness (QED) is 0.497. The summed E-state index contributed by atoms with van der Waals surface area (Å²) in [7, 11) is -2.63. The van der Waals surface area contributed by atoms with Crippen molar-refractivity contribution < 1.29 is 18.4 Å². The molecule has 0 bridgehead atoms. The molecule has 0 aliphatic heterocycles. The van der Waals surface area contributed by atoms with Crippen LogP contribution in [0.1, 0.15) is 52.9 Å². The topological polar surface area (TPSA) is 52.6 Å². The van der Waals surface area contributed by atoms with Crippen molar-refractivity contribution in [3.63, 3.8) is 0 Å². The Morgan fingerprint density at radius 2 is 1.41 bits per heavy atom. The normalized spacial score (nSPS) is 11.1. The van der Waals surface area contributed by atoms with E-state index in [4.69, 9.17) is 8.85 Å². The molecule has 0 unspecified atom stereocenters. The van der Waals surface area contributed by atoms with Crippen LogP contribution in [-0.2, 0) is 18.4 Å². The third kappa shape index (κ3) is 8.91. The van der Waals surface area contributed by atoms with E-state index in [-0.39, 0.29) is 11.9 Å². The smallest absolute Gasteiger partial charge is 0.461 e. The first-order chi connectivity index (χ1) is 7.89. The predicted molar refractivity (Wildman–Crippen MR) is 68.7 cm³/mol. The lowest BCUT2D eigenvalue weighted by atomic mass is 10.2. The number of carbonyl (C=O) groups excluding carboxylic acids is 2. The summed E-state index contributed by atoms with van der Waals surface area (Å²) < 4.78 is 10.4. The molecule has 0 saturated carbocycles. The Balaban J connectivity index is 4.09. The Morgan fingerprint density at radius 3 is 1.82 bits per heavy atom. The van der Waals surface area contributed by atoms with Crippen LogP contribution in [-0.4, -0.2) is 20.5 Å². The molecule has 0 saturated heterocycles. The second-order valence-corrected chi connectivity index (χ2v) is 7.66. The molecule has 0 aliphatic rings. The fourth-order valence-electron chi connectivity index (χ4n) is 1.78. The molecule has 17 heavy (non-hydrogen) atoms. The van der Waals surface area contributed by atoms with E-state index in [1.165, 1.54) is 33.1 Å². The molecule has 0 N–H and O–H groups in total. The number of hydrogen-bond donors (Lipinski definition) is 0. The van der Waals surface area contributed by atoms with E-state index >= 15 is 0 Å². The molecule has 0 atom stereocenters. The number of unbranched alkanes of at least 4 members (excludes halogenated alkanes) is 4. The maximum absolute atomic E-state index is 11.0. The summed E-state index contributed by atoms with van der Waals surface area (Å²) >= 11 is 0. The molecule has 0 aliphatic carbocycles. The number of rotatable bonds is 8. The third-order valence-corrected chi connectivity index (χ3v) is 5.15. The van der Waals surface area contributed by atoms with Gasteiger partial charge in [-0.1, -0.05) is 32.6 Å². The minimum Gasteiger partial charge on any atom is -0.485 e. The lowest BCUT2D eigenvalue weighted by Gasteiger charge is -2.24. The lowest BCUT2D eigenvalue weighted by molar-refractivity contribution is -0.138. The number of hydrogen-bond acceptors (Lipinski definition) is 4. The second-order valence-electron chi connectivity index (χ2n) is 4.49. The second kappa shape index (κ2) is 8.28. The van der Waals surface area contributed by atoms with Crippen molar-refractivity contribution in [2.24, 2.45) is 0 Å². The maximum atomic E-state index is 11.0. The molecule has 0 heterocycles. The molecular weight excluding hydrogens is 236 g/mol. The zero-order chi connectivity index (χ0) is 13.3. The van der Waals surface area contributed by atoms with Gasteiger partial charge in [0.25, 0.3) is 11.9 Å². The molecule has 5 heteroatoms. The molecule has 0 rings (SSSR count). The van der Waals surface area contributed by atoms with Gasteiger partial charge in [0.15, 0.2) is 0 Å². The van der Waals surface area contributed by atoms with Gasteiger partial charge >= 0.3 is 8.56 Å². The maximum Gasteiger partial charge on any atom is 0.461 e. The minimum absolute atomic E-state index is 0.367. The van der Waals surface area contributed by atoms with Crippen molar-refractivity contribution in [2.75, 3.05) is 0 Å². The van der Waals surface area contributed by atoms with Crippen LogP contribution in [0.15, 0.2) is 0 Å². The Labute approximate surface area is 105 Å². The highest BCUT2D eigenvalue weighted by atomic mass is 28.4. The van der Waals surface area contributed by atoms with Crippen LogP contribution in [0.3, 0.4) is 0 Å². The van der Waals surface area contributed by atoms with Gasteiger partial charge in [0, 0.05) is 26.4 Å². The van der Waals surface area contributed by atoms with E-state index in [1.807, 2.05) is 0 Å². The largest absolute Gasteiger partial charge is 0.485 e. The van der Waals surface area contributed by atoms with Crippen LogP contribution in [0, 0.1) is 0 Å². The van der Waals surface area contributed by atoms with Crippen LogP contribution in [0.2, 0.25) is 12.6 Å². The van der Waals surface area contributed by atoms with Gasteiger partial charge in [-0.2, -0.15) is 0 Å². The highest BCUT2D eigenvalue weighted by molar-refractivity contribution is 6.69. The van der Waals surface area contributed by atoms with Gasteiger partial charge in [-0.15, -0.1) is 0 Å². The molecule has 0 spiro atoms. The molecule has 0 aromatic rings. The van der Waals surface area contributed by atoms with Crippen molar-refractivity contribution in [1.82, 2.24) is 0 Å². The van der Waals surface area contributed by atoms with Gasteiger partial charge in [0.2, 0.25) is 0 Å². The Hall–Kier alpha value is -0.843. The van der Waals surface area contributed by atoms with E-state index in [0.29, 0.717) is 6.04 Å². The molecule has 0 amide bonds. The van der Waals surface area contributed by atoms with Crippen LogP contribution in [0.25, 0.3) is 0 Å². The van der Waals surface area contributed by atoms with Gasteiger partial charge in [0.05, 0.1) is 0 Å². The monoisotopic (exact) mass is 260 g/mol. The van der Waals surface area contributed by atoms with Crippen LogP contribution in [0.5, 0.6) is 0 Å². The fourth-order valence-corrected chi connectivity index (χ4v) is 4.13. The molecule has 100 valence electrons. The fraction of sp³-hybridized carbons (Fsp3) is 0.833. The summed E-state index contributed by atoms with van der Waals surface area (Å²) in [5, 5.41) is 0. The first-order valence-electron chi connectivity index (χ1n) is 6.29. The van der Waals surface area contributed by atoms with Gasteiger partial charge in [-0.05, 0) is 6.42 Å². The first-order valence-corrected chi connectivity index (χ1v) is 8.81. The average Bonchev–Trinajstić information content (AvgIpc) is 2.14. The summed E-state index contributed by atoms with van der Waals surface area (Å²) in [6.07, 6.45) is 5.64. The predicted octanol–water partition coefficient (Wildman–Crippen LogP) is 3.16. The average molecular weight is 260 g/mol. The molecule has 0 aromatic heterocycles. The highest BCUT2D eigenvalue weighted by Crippen LogP contribution is 2.19. The van der Waals surface area contributed by atoms with Crippen molar-refractivity contribution in [3.05, 3.63) is 0 Å². The van der Waals surface area contributed by atoms with E-state index in [9.17, 15) is 9.59 Å².